The average molecular weight is 1140 g/mol. The van der Waals surface area contributed by atoms with E-state index in [0.29, 0.717) is 0 Å². The zero-order valence-electron chi connectivity index (χ0n) is 59.2. The molecule has 12 rings (SSSR count). The van der Waals surface area contributed by atoms with Crippen LogP contribution in [0.2, 0.25) is 0 Å². The summed E-state index contributed by atoms with van der Waals surface area (Å²) in [5.41, 5.74) is 57.1. The highest BCUT2D eigenvalue weighted by atomic mass is 15.0. The Labute approximate surface area is 515 Å². The standard InChI is InChI=1S/2C41H50N2/c1-18-20(3)27(10)38-34(24(18)7)36-26(9)22(5)33(31(14)41(36)43(38)16)17-32-23(6)29(12)40-37(30(32)13)35-25(8)19(2)21(4)28(11)39(35)42(40)15;1-18-20(3)26(9)38-34(24(18)7)36-30(13)32(22(5)28(11)40(36)42(38)15)17-33-23(6)29(12)41-37(31(33)14)35-25(8)19(2)21(4)27(10)39(35)43(41)16/h2*17H2,1-16H3. The molecule has 0 saturated heterocycles. The lowest BCUT2D eigenvalue weighted by atomic mass is 9.83. The maximum atomic E-state index is 2.50. The molecule has 0 fully saturated rings. The molecule has 0 atom stereocenters. The second-order valence-corrected chi connectivity index (χ2v) is 27.8. The van der Waals surface area contributed by atoms with Crippen LogP contribution in [0, 0.1) is 194 Å². The fraction of sp³-hybridized carbons (Fsp3) is 0.415. The third-order valence-electron chi connectivity index (χ3n) is 24.7. The number of hydrogen-bond acceptors (Lipinski definition) is 0. The fourth-order valence-corrected chi connectivity index (χ4v) is 17.6. The van der Waals surface area contributed by atoms with Gasteiger partial charge in [0, 0.05) is 71.3 Å². The van der Waals surface area contributed by atoms with Crippen molar-refractivity contribution in [3.05, 3.63) is 178 Å². The summed E-state index contributed by atoms with van der Waals surface area (Å²) in [5.74, 6) is 0. The minimum absolute atomic E-state index is 0.958. The van der Waals surface area contributed by atoms with Crippen LogP contribution in [0.25, 0.3) is 87.2 Å². The number of hydrogen-bond donors (Lipinski definition) is 0. The van der Waals surface area contributed by atoms with Gasteiger partial charge in [0.15, 0.2) is 0 Å². The van der Waals surface area contributed by atoms with E-state index in [-0.39, 0.29) is 0 Å². The third-order valence-corrected chi connectivity index (χ3v) is 24.7. The van der Waals surface area contributed by atoms with Gasteiger partial charge in [0.2, 0.25) is 0 Å². The maximum absolute atomic E-state index is 2.50. The van der Waals surface area contributed by atoms with E-state index >= 15 is 0 Å². The van der Waals surface area contributed by atoms with Crippen molar-refractivity contribution < 1.29 is 0 Å². The van der Waals surface area contributed by atoms with Crippen LogP contribution in [0.15, 0.2) is 0 Å². The highest BCUT2D eigenvalue weighted by Gasteiger charge is 2.29. The summed E-state index contributed by atoms with van der Waals surface area (Å²) >= 11 is 0. The Bertz CT molecular complexity index is 4950. The van der Waals surface area contributed by atoms with Crippen molar-refractivity contribution in [3.63, 3.8) is 0 Å². The summed E-state index contributed by atoms with van der Waals surface area (Å²) < 4.78 is 9.95. The molecule has 0 unspecified atom stereocenters. The molecule has 0 saturated carbocycles. The zero-order valence-corrected chi connectivity index (χ0v) is 59.2. The van der Waals surface area contributed by atoms with Crippen molar-refractivity contribution in [1.29, 1.82) is 0 Å². The molecule has 8 aromatic carbocycles. The molecule has 0 amide bonds. The van der Waals surface area contributed by atoms with E-state index in [0.717, 1.165) is 12.8 Å². The highest BCUT2D eigenvalue weighted by molar-refractivity contribution is 6.18. The Morgan fingerprint density at radius 1 is 0.140 bits per heavy atom. The molecule has 4 aromatic heterocycles. The van der Waals surface area contributed by atoms with Gasteiger partial charge in [-0.3, -0.25) is 0 Å². The lowest BCUT2D eigenvalue weighted by Crippen LogP contribution is -2.06. The van der Waals surface area contributed by atoms with Gasteiger partial charge < -0.3 is 18.3 Å². The van der Waals surface area contributed by atoms with Gasteiger partial charge in [-0.25, -0.2) is 0 Å². The SMILES string of the molecule is Cc1c(C)c(C)c2c(c1C)c1c(C)c(Cc3c(C)c(C)c4c(c3C)c3c(C)c(C)c(C)c(C)c3n4C)c(C)c(C)c1n2C.Cc1c(C)c(C)c2c(c1C)c1c(C)c(Cc3c(C)c(C)c4c5c(C)c(C)c(C)c(C)c5n(C)c4c3C)c(C)c(C)c1n2C. The van der Waals surface area contributed by atoms with Crippen LogP contribution in [0.5, 0.6) is 0 Å². The summed E-state index contributed by atoms with van der Waals surface area (Å²) in [6, 6.07) is 0. The molecule has 0 aliphatic rings. The number of benzene rings is 8. The van der Waals surface area contributed by atoms with E-state index in [1.807, 2.05) is 0 Å². The normalized spacial score (nSPS) is 12.3. The van der Waals surface area contributed by atoms with Crippen LogP contribution in [-0.4, -0.2) is 18.3 Å². The predicted molar refractivity (Wildman–Crippen MR) is 380 cm³/mol. The lowest BCUT2D eigenvalue weighted by molar-refractivity contribution is 0.983. The number of nitrogens with zero attached hydrogens (tertiary/aromatic N) is 4. The number of rotatable bonds is 4. The van der Waals surface area contributed by atoms with Crippen molar-refractivity contribution >= 4 is 87.2 Å². The Morgan fingerprint density at radius 3 is 0.477 bits per heavy atom. The maximum Gasteiger partial charge on any atom is 0.0524 e. The van der Waals surface area contributed by atoms with Crippen LogP contribution in [0.1, 0.15) is 178 Å². The summed E-state index contributed by atoms with van der Waals surface area (Å²) in [4.78, 5) is 0. The van der Waals surface area contributed by atoms with E-state index in [1.165, 1.54) is 265 Å². The Balaban J connectivity index is 0.000000179. The molecule has 0 radical (unpaired) electrons. The molecule has 448 valence electrons. The summed E-state index contributed by atoms with van der Waals surface area (Å²) in [6.07, 6.45) is 1.92. The van der Waals surface area contributed by atoms with Gasteiger partial charge >= 0.3 is 0 Å². The molecule has 4 nitrogen and oxygen atoms in total. The van der Waals surface area contributed by atoms with Gasteiger partial charge in [0.05, 0.1) is 44.1 Å². The predicted octanol–water partition coefficient (Wildman–Crippen LogP) is 21.8. The van der Waals surface area contributed by atoms with Gasteiger partial charge in [-0.15, -0.1) is 0 Å². The molecule has 0 N–H and O–H groups in total. The van der Waals surface area contributed by atoms with E-state index in [9.17, 15) is 0 Å². The average Bonchev–Trinajstić information content (AvgIpc) is 1.61. The Hall–Kier alpha value is -7.04. The second-order valence-electron chi connectivity index (χ2n) is 27.8. The summed E-state index contributed by atoms with van der Waals surface area (Å²) in [5, 5.41) is 11.6. The fourth-order valence-electron chi connectivity index (χ4n) is 17.6. The monoisotopic (exact) mass is 1140 g/mol. The van der Waals surface area contributed by atoms with Gasteiger partial charge in [0.1, 0.15) is 0 Å². The van der Waals surface area contributed by atoms with Gasteiger partial charge in [-0.05, 0) is 385 Å². The minimum Gasteiger partial charge on any atom is -0.343 e. The minimum atomic E-state index is 0.958. The first-order valence-electron chi connectivity index (χ1n) is 32.0. The number of fused-ring (bicyclic) bond motifs is 12. The smallest absolute Gasteiger partial charge is 0.0524 e. The quantitative estimate of drug-likeness (QED) is 0.167. The van der Waals surface area contributed by atoms with Crippen molar-refractivity contribution in [3.8, 4) is 0 Å². The molecular weight excluding hydrogens is 1040 g/mol. The zero-order chi connectivity index (χ0) is 63.4. The summed E-state index contributed by atoms with van der Waals surface area (Å²) in [6.45, 7) is 65.3. The topological polar surface area (TPSA) is 19.7 Å². The van der Waals surface area contributed by atoms with Crippen LogP contribution in [0.4, 0.5) is 0 Å². The van der Waals surface area contributed by atoms with Gasteiger partial charge in [0.25, 0.3) is 0 Å². The van der Waals surface area contributed by atoms with Gasteiger partial charge in [-0.1, -0.05) is 0 Å². The van der Waals surface area contributed by atoms with Crippen LogP contribution in [0.3, 0.4) is 0 Å². The van der Waals surface area contributed by atoms with E-state index in [2.05, 4.69) is 240 Å². The molecule has 0 aliphatic carbocycles. The second kappa shape index (κ2) is 20.3. The molecule has 12 aromatic rings. The van der Waals surface area contributed by atoms with Crippen LogP contribution < -0.4 is 0 Å². The molecular formula is C82H100N4. The van der Waals surface area contributed by atoms with Crippen molar-refractivity contribution in [2.24, 2.45) is 28.2 Å². The Kier molecular flexibility index (Phi) is 14.3. The van der Waals surface area contributed by atoms with Crippen molar-refractivity contribution in [2.75, 3.05) is 0 Å². The first kappa shape index (κ1) is 60.6. The third kappa shape index (κ3) is 7.65. The molecule has 86 heavy (non-hydrogen) atoms. The number of aryl methyl sites for hydroxylation is 20. The Morgan fingerprint density at radius 2 is 0.267 bits per heavy atom. The highest BCUT2D eigenvalue weighted by Crippen LogP contribution is 2.48. The molecule has 4 heterocycles. The van der Waals surface area contributed by atoms with E-state index in [1.54, 1.807) is 0 Å². The molecule has 0 spiro atoms. The first-order chi connectivity index (χ1) is 40.1. The largest absolute Gasteiger partial charge is 0.343 e. The lowest BCUT2D eigenvalue weighted by Gasteiger charge is -2.21. The van der Waals surface area contributed by atoms with E-state index < -0.39 is 0 Å². The first-order valence-corrected chi connectivity index (χ1v) is 32.0. The van der Waals surface area contributed by atoms with E-state index in [4.69, 9.17) is 0 Å². The van der Waals surface area contributed by atoms with Crippen LogP contribution >= 0.6 is 0 Å². The molecule has 4 heteroatoms. The van der Waals surface area contributed by atoms with Crippen LogP contribution in [-0.2, 0) is 41.0 Å². The van der Waals surface area contributed by atoms with Gasteiger partial charge in [-0.2, -0.15) is 0 Å². The molecule has 0 aliphatic heterocycles. The number of aromatic nitrogens is 4. The summed E-state index contributed by atoms with van der Waals surface area (Å²) in [7, 11) is 9.11. The van der Waals surface area contributed by atoms with Crippen molar-refractivity contribution in [2.45, 2.75) is 207 Å². The molecule has 0 bridgehead atoms. The van der Waals surface area contributed by atoms with Crippen molar-refractivity contribution in [1.82, 2.24) is 18.3 Å².